The van der Waals surface area contributed by atoms with Crippen molar-refractivity contribution in [1.29, 1.82) is 0 Å². The summed E-state index contributed by atoms with van der Waals surface area (Å²) >= 11 is 3.33. The van der Waals surface area contributed by atoms with Crippen LogP contribution in [0.4, 0.5) is 0 Å². The molecule has 1 aromatic rings. The summed E-state index contributed by atoms with van der Waals surface area (Å²) in [5.74, 6) is 0.215. The fraction of sp³-hybridized carbons (Fsp3) is 0.467. The molecule has 0 saturated carbocycles. The molecule has 0 saturated heterocycles. The molecular weight excluding hydrogens is 322 g/mol. The van der Waals surface area contributed by atoms with Crippen LogP contribution in [0.3, 0.4) is 0 Å². The Labute approximate surface area is 128 Å². The van der Waals surface area contributed by atoms with Crippen molar-refractivity contribution in [3.8, 4) is 5.75 Å². The van der Waals surface area contributed by atoms with Gasteiger partial charge in [-0.15, -0.1) is 0 Å². The highest BCUT2D eigenvalue weighted by molar-refractivity contribution is 9.10. The van der Waals surface area contributed by atoms with Gasteiger partial charge in [-0.1, -0.05) is 19.4 Å². The van der Waals surface area contributed by atoms with Crippen molar-refractivity contribution in [2.24, 2.45) is 0 Å². The van der Waals surface area contributed by atoms with E-state index in [2.05, 4.69) is 28.2 Å². The first-order valence-electron chi connectivity index (χ1n) is 6.70. The van der Waals surface area contributed by atoms with E-state index in [1.807, 2.05) is 6.92 Å². The molecule has 0 spiro atoms. The van der Waals surface area contributed by atoms with Gasteiger partial charge >= 0.3 is 0 Å². The fourth-order valence-electron chi connectivity index (χ4n) is 1.84. The van der Waals surface area contributed by atoms with Crippen molar-refractivity contribution in [2.75, 3.05) is 0 Å². The lowest BCUT2D eigenvalue weighted by atomic mass is 10.2. The molecule has 2 unspecified atom stereocenters. The Morgan fingerprint density at radius 3 is 2.75 bits per heavy atom. The summed E-state index contributed by atoms with van der Waals surface area (Å²) in [5, 5.41) is 2.89. The van der Waals surface area contributed by atoms with Crippen LogP contribution in [-0.2, 0) is 4.79 Å². The number of halogens is 1. The number of nitrogens with one attached hydrogen (secondary N) is 1. The van der Waals surface area contributed by atoms with Crippen LogP contribution < -0.4 is 10.1 Å². The van der Waals surface area contributed by atoms with Crippen molar-refractivity contribution in [3.05, 3.63) is 28.2 Å². The molecule has 0 radical (unpaired) electrons. The molecule has 1 aromatic carbocycles. The van der Waals surface area contributed by atoms with E-state index in [0.29, 0.717) is 22.1 Å². The zero-order valence-electron chi connectivity index (χ0n) is 12.0. The molecule has 0 aliphatic carbocycles. The topological polar surface area (TPSA) is 55.4 Å². The van der Waals surface area contributed by atoms with Gasteiger partial charge in [0.2, 0.25) is 0 Å². The maximum absolute atomic E-state index is 12.0. The van der Waals surface area contributed by atoms with Crippen LogP contribution in [0.15, 0.2) is 22.7 Å². The molecular formula is C15H20BrNO3. The number of hydrogen-bond donors (Lipinski definition) is 1. The molecule has 110 valence electrons. The summed E-state index contributed by atoms with van der Waals surface area (Å²) in [4.78, 5) is 23.0. The number of ether oxygens (including phenoxy) is 1. The lowest BCUT2D eigenvalue weighted by molar-refractivity contribution is -0.127. The van der Waals surface area contributed by atoms with Gasteiger partial charge in [-0.3, -0.25) is 9.59 Å². The third kappa shape index (κ3) is 4.63. The minimum Gasteiger partial charge on any atom is -0.479 e. The first kappa shape index (κ1) is 16.7. The molecule has 1 amide bonds. The van der Waals surface area contributed by atoms with E-state index in [1.54, 1.807) is 25.1 Å². The summed E-state index contributed by atoms with van der Waals surface area (Å²) < 4.78 is 6.27. The van der Waals surface area contributed by atoms with Crippen LogP contribution in [-0.4, -0.2) is 24.3 Å². The normalized spacial score (nSPS) is 13.4. The highest BCUT2D eigenvalue weighted by atomic mass is 79.9. The van der Waals surface area contributed by atoms with Crippen molar-refractivity contribution in [3.63, 3.8) is 0 Å². The van der Waals surface area contributed by atoms with Gasteiger partial charge in [-0.2, -0.15) is 0 Å². The van der Waals surface area contributed by atoms with Crippen LogP contribution >= 0.6 is 15.9 Å². The molecule has 0 aliphatic heterocycles. The van der Waals surface area contributed by atoms with E-state index >= 15 is 0 Å². The number of benzene rings is 1. The molecule has 1 rings (SSSR count). The van der Waals surface area contributed by atoms with E-state index in [-0.39, 0.29) is 11.9 Å². The van der Waals surface area contributed by atoms with Gasteiger partial charge in [0.25, 0.3) is 5.91 Å². The second kappa shape index (κ2) is 8.04. The van der Waals surface area contributed by atoms with Crippen LogP contribution in [0.5, 0.6) is 5.75 Å². The number of carbonyl (C=O) groups is 2. The average molecular weight is 342 g/mol. The average Bonchev–Trinajstić information content (AvgIpc) is 2.41. The minimum absolute atomic E-state index is 0.114. The number of hydrogen-bond acceptors (Lipinski definition) is 3. The second-order valence-corrected chi connectivity index (χ2v) is 5.59. The lowest BCUT2D eigenvalue weighted by Gasteiger charge is -2.19. The fourth-order valence-corrected chi connectivity index (χ4v) is 2.31. The van der Waals surface area contributed by atoms with Crippen molar-refractivity contribution >= 4 is 28.1 Å². The molecule has 0 aromatic heterocycles. The van der Waals surface area contributed by atoms with Gasteiger partial charge in [-0.05, 0) is 48.3 Å². The SMILES string of the molecule is CCCC(C)NC(=O)C(C)Oc1c(Br)cccc1C=O. The minimum atomic E-state index is -0.660. The van der Waals surface area contributed by atoms with E-state index in [0.717, 1.165) is 12.8 Å². The maximum Gasteiger partial charge on any atom is 0.260 e. The highest BCUT2D eigenvalue weighted by Gasteiger charge is 2.19. The second-order valence-electron chi connectivity index (χ2n) is 4.73. The molecule has 0 aliphatic rings. The summed E-state index contributed by atoms with van der Waals surface area (Å²) in [6.07, 6.45) is 1.99. The Morgan fingerprint density at radius 1 is 1.45 bits per heavy atom. The van der Waals surface area contributed by atoms with Crippen LogP contribution in [0, 0.1) is 0 Å². The van der Waals surface area contributed by atoms with E-state index in [1.165, 1.54) is 0 Å². The Morgan fingerprint density at radius 2 is 2.15 bits per heavy atom. The molecule has 1 N–H and O–H groups in total. The molecule has 0 bridgehead atoms. The van der Waals surface area contributed by atoms with Crippen LogP contribution in [0.2, 0.25) is 0 Å². The van der Waals surface area contributed by atoms with Crippen LogP contribution in [0.1, 0.15) is 44.0 Å². The molecule has 2 atom stereocenters. The molecule has 0 fully saturated rings. The third-order valence-electron chi connectivity index (χ3n) is 2.90. The van der Waals surface area contributed by atoms with Gasteiger partial charge in [0.1, 0.15) is 5.75 Å². The monoisotopic (exact) mass is 341 g/mol. The number of carbonyl (C=O) groups excluding carboxylic acids is 2. The van der Waals surface area contributed by atoms with Gasteiger partial charge < -0.3 is 10.1 Å². The van der Waals surface area contributed by atoms with Crippen molar-refractivity contribution in [1.82, 2.24) is 5.32 Å². The van der Waals surface area contributed by atoms with Gasteiger partial charge in [0, 0.05) is 6.04 Å². The Kier molecular flexibility index (Phi) is 6.71. The summed E-state index contributed by atoms with van der Waals surface area (Å²) in [5.41, 5.74) is 0.417. The first-order chi connectivity index (χ1) is 9.49. The van der Waals surface area contributed by atoms with E-state index in [4.69, 9.17) is 4.74 Å². The van der Waals surface area contributed by atoms with Crippen molar-refractivity contribution < 1.29 is 14.3 Å². The zero-order valence-corrected chi connectivity index (χ0v) is 13.6. The van der Waals surface area contributed by atoms with Gasteiger partial charge in [0.05, 0.1) is 10.0 Å². The quantitative estimate of drug-likeness (QED) is 0.774. The number of rotatable bonds is 7. The standard InChI is InChI=1S/C15H20BrNO3/c1-4-6-10(2)17-15(19)11(3)20-14-12(9-18)7-5-8-13(14)16/h5,7-11H,4,6H2,1-3H3,(H,17,19). The Balaban J connectivity index is 2.73. The number of amides is 1. The molecule has 5 heteroatoms. The van der Waals surface area contributed by atoms with E-state index < -0.39 is 6.10 Å². The predicted molar refractivity (Wildman–Crippen MR) is 82.1 cm³/mol. The number of para-hydroxylation sites is 1. The Bertz CT molecular complexity index is 476. The molecule has 20 heavy (non-hydrogen) atoms. The number of aldehydes is 1. The highest BCUT2D eigenvalue weighted by Crippen LogP contribution is 2.28. The predicted octanol–water partition coefficient (Wildman–Crippen LogP) is 3.33. The van der Waals surface area contributed by atoms with Gasteiger partial charge in [-0.25, -0.2) is 0 Å². The zero-order chi connectivity index (χ0) is 15.1. The summed E-state index contributed by atoms with van der Waals surface area (Å²) in [7, 11) is 0. The van der Waals surface area contributed by atoms with Gasteiger partial charge in [0.15, 0.2) is 12.4 Å². The first-order valence-corrected chi connectivity index (χ1v) is 7.49. The molecule has 4 nitrogen and oxygen atoms in total. The lowest BCUT2D eigenvalue weighted by Crippen LogP contribution is -2.41. The third-order valence-corrected chi connectivity index (χ3v) is 3.52. The maximum atomic E-state index is 12.0. The van der Waals surface area contributed by atoms with Crippen molar-refractivity contribution in [2.45, 2.75) is 45.8 Å². The largest absolute Gasteiger partial charge is 0.479 e. The smallest absolute Gasteiger partial charge is 0.260 e. The molecule has 0 heterocycles. The summed E-state index contributed by atoms with van der Waals surface area (Å²) in [6.45, 7) is 5.70. The van der Waals surface area contributed by atoms with Crippen LogP contribution in [0.25, 0.3) is 0 Å². The Hall–Kier alpha value is -1.36. The summed E-state index contributed by atoms with van der Waals surface area (Å²) in [6, 6.07) is 5.28. The van der Waals surface area contributed by atoms with E-state index in [9.17, 15) is 9.59 Å².